The number of hydrogen-bond donors (Lipinski definition) is 0. The largest absolute Gasteiger partial charge is 0.338 e. The Hall–Kier alpha value is -3.02. The minimum absolute atomic E-state index is 0.0897. The van der Waals surface area contributed by atoms with Gasteiger partial charge in [0.15, 0.2) is 0 Å². The van der Waals surface area contributed by atoms with Gasteiger partial charge in [-0.25, -0.2) is 4.68 Å². The zero-order valence-electron chi connectivity index (χ0n) is 13.8. The number of benzene rings is 1. The van der Waals surface area contributed by atoms with Crippen LogP contribution in [0.4, 0.5) is 0 Å². The Morgan fingerprint density at radius 3 is 2.96 bits per heavy atom. The average molecular weight is 333 g/mol. The van der Waals surface area contributed by atoms with Crippen LogP contribution in [-0.2, 0) is 6.54 Å². The highest BCUT2D eigenvalue weighted by molar-refractivity contribution is 5.94. The van der Waals surface area contributed by atoms with Crippen LogP contribution in [0.25, 0.3) is 0 Å². The summed E-state index contributed by atoms with van der Waals surface area (Å²) >= 11 is 0. The standard InChI is InChI=1S/C19H19N5O/c25-19(23-9-6-18(14-23)17-5-2-7-20-12-17)16-4-1-3-15(11-16)13-24-10-8-21-22-24/h1-5,7-8,10-12,18H,6,9,13-14H2. The van der Waals surface area contributed by atoms with Crippen LogP contribution in [0.3, 0.4) is 0 Å². The summed E-state index contributed by atoms with van der Waals surface area (Å²) in [6.45, 7) is 2.14. The van der Waals surface area contributed by atoms with Crippen LogP contribution in [0, 0.1) is 0 Å². The fraction of sp³-hybridized carbons (Fsp3) is 0.263. The van der Waals surface area contributed by atoms with Crippen molar-refractivity contribution in [2.24, 2.45) is 0 Å². The molecule has 126 valence electrons. The molecule has 25 heavy (non-hydrogen) atoms. The number of pyridine rings is 1. The molecule has 1 fully saturated rings. The van der Waals surface area contributed by atoms with E-state index in [4.69, 9.17) is 0 Å². The number of carbonyl (C=O) groups is 1. The molecule has 6 heteroatoms. The molecule has 0 spiro atoms. The highest BCUT2D eigenvalue weighted by atomic mass is 16.2. The maximum Gasteiger partial charge on any atom is 0.253 e. The lowest BCUT2D eigenvalue weighted by Crippen LogP contribution is -2.28. The van der Waals surface area contributed by atoms with Crippen molar-refractivity contribution in [3.63, 3.8) is 0 Å². The summed E-state index contributed by atoms with van der Waals surface area (Å²) in [5.41, 5.74) is 2.97. The first-order valence-corrected chi connectivity index (χ1v) is 8.42. The van der Waals surface area contributed by atoms with Crippen molar-refractivity contribution in [2.45, 2.75) is 18.9 Å². The van der Waals surface area contributed by atoms with Gasteiger partial charge in [0.2, 0.25) is 0 Å². The molecule has 0 aliphatic carbocycles. The van der Waals surface area contributed by atoms with E-state index in [1.54, 1.807) is 17.1 Å². The number of nitrogens with zero attached hydrogens (tertiary/aromatic N) is 5. The fourth-order valence-corrected chi connectivity index (χ4v) is 3.32. The Morgan fingerprint density at radius 2 is 2.16 bits per heavy atom. The van der Waals surface area contributed by atoms with E-state index < -0.39 is 0 Å². The third-order valence-corrected chi connectivity index (χ3v) is 4.62. The van der Waals surface area contributed by atoms with Crippen molar-refractivity contribution in [1.29, 1.82) is 0 Å². The van der Waals surface area contributed by atoms with Crippen molar-refractivity contribution in [3.05, 3.63) is 77.9 Å². The number of rotatable bonds is 4. The Morgan fingerprint density at radius 1 is 1.20 bits per heavy atom. The van der Waals surface area contributed by atoms with Crippen LogP contribution < -0.4 is 0 Å². The van der Waals surface area contributed by atoms with Gasteiger partial charge in [0, 0.05) is 43.2 Å². The summed E-state index contributed by atoms with van der Waals surface area (Å²) < 4.78 is 1.75. The molecular formula is C19H19N5O. The summed E-state index contributed by atoms with van der Waals surface area (Å²) in [6.07, 6.45) is 8.13. The van der Waals surface area contributed by atoms with Gasteiger partial charge in [-0.3, -0.25) is 9.78 Å². The second-order valence-electron chi connectivity index (χ2n) is 6.32. The number of hydrogen-bond acceptors (Lipinski definition) is 4. The highest BCUT2D eigenvalue weighted by Crippen LogP contribution is 2.27. The molecule has 1 aliphatic rings. The van der Waals surface area contributed by atoms with E-state index in [2.05, 4.69) is 21.4 Å². The second-order valence-corrected chi connectivity index (χ2v) is 6.32. The van der Waals surface area contributed by atoms with Crippen LogP contribution in [0.2, 0.25) is 0 Å². The average Bonchev–Trinajstić information content (AvgIpc) is 3.34. The smallest absolute Gasteiger partial charge is 0.253 e. The van der Waals surface area contributed by atoms with Crippen LogP contribution in [-0.4, -0.2) is 43.9 Å². The quantitative estimate of drug-likeness (QED) is 0.735. The first-order valence-electron chi connectivity index (χ1n) is 8.42. The van der Waals surface area contributed by atoms with Gasteiger partial charge in [-0.05, 0) is 35.7 Å². The van der Waals surface area contributed by atoms with Gasteiger partial charge in [-0.2, -0.15) is 0 Å². The van der Waals surface area contributed by atoms with E-state index in [0.717, 1.165) is 30.6 Å². The van der Waals surface area contributed by atoms with E-state index in [9.17, 15) is 4.79 Å². The minimum Gasteiger partial charge on any atom is -0.338 e. The topological polar surface area (TPSA) is 63.9 Å². The van der Waals surface area contributed by atoms with Crippen molar-refractivity contribution in [2.75, 3.05) is 13.1 Å². The molecule has 1 aliphatic heterocycles. The molecule has 2 aromatic heterocycles. The Kier molecular flexibility index (Phi) is 4.24. The predicted molar refractivity (Wildman–Crippen MR) is 93.1 cm³/mol. The van der Waals surface area contributed by atoms with E-state index in [0.29, 0.717) is 12.5 Å². The molecule has 0 bridgehead atoms. The molecule has 3 aromatic rings. The molecule has 4 rings (SSSR count). The van der Waals surface area contributed by atoms with E-state index in [-0.39, 0.29) is 5.91 Å². The first kappa shape index (κ1) is 15.5. The lowest BCUT2D eigenvalue weighted by molar-refractivity contribution is 0.0790. The van der Waals surface area contributed by atoms with Gasteiger partial charge in [0.1, 0.15) is 0 Å². The molecule has 0 N–H and O–H groups in total. The number of amides is 1. The van der Waals surface area contributed by atoms with Crippen LogP contribution >= 0.6 is 0 Å². The van der Waals surface area contributed by atoms with Gasteiger partial charge >= 0.3 is 0 Å². The van der Waals surface area contributed by atoms with Gasteiger partial charge in [-0.15, -0.1) is 5.10 Å². The molecule has 3 heterocycles. The molecule has 1 atom stereocenters. The predicted octanol–water partition coefficient (Wildman–Crippen LogP) is 2.35. The first-order chi connectivity index (χ1) is 12.3. The van der Waals surface area contributed by atoms with Crippen molar-refractivity contribution in [3.8, 4) is 0 Å². The summed E-state index contributed by atoms with van der Waals surface area (Å²) in [5, 5.41) is 7.78. The summed E-state index contributed by atoms with van der Waals surface area (Å²) in [4.78, 5) is 19.0. The lowest BCUT2D eigenvalue weighted by atomic mass is 10.0. The molecule has 0 saturated carbocycles. The molecule has 1 unspecified atom stereocenters. The van der Waals surface area contributed by atoms with Gasteiger partial charge in [0.05, 0.1) is 12.7 Å². The summed E-state index contributed by atoms with van der Waals surface area (Å²) in [5.74, 6) is 0.461. The fourth-order valence-electron chi connectivity index (χ4n) is 3.32. The molecule has 1 aromatic carbocycles. The molecular weight excluding hydrogens is 314 g/mol. The molecule has 1 saturated heterocycles. The SMILES string of the molecule is O=C(c1cccc(Cn2ccnn2)c1)N1CCC(c2cccnc2)C1. The maximum atomic E-state index is 12.9. The lowest BCUT2D eigenvalue weighted by Gasteiger charge is -2.17. The second kappa shape index (κ2) is 6.84. The van der Waals surface area contributed by atoms with Gasteiger partial charge < -0.3 is 4.90 Å². The van der Waals surface area contributed by atoms with Crippen molar-refractivity contribution < 1.29 is 4.79 Å². The maximum absolute atomic E-state index is 12.9. The van der Waals surface area contributed by atoms with Crippen molar-refractivity contribution >= 4 is 5.91 Å². The van der Waals surface area contributed by atoms with Gasteiger partial charge in [0.25, 0.3) is 5.91 Å². The highest BCUT2D eigenvalue weighted by Gasteiger charge is 2.28. The Labute approximate surface area is 146 Å². The zero-order chi connectivity index (χ0) is 17.1. The minimum atomic E-state index is 0.0897. The normalized spacial score (nSPS) is 17.0. The van der Waals surface area contributed by atoms with Gasteiger partial charge in [-0.1, -0.05) is 23.4 Å². The van der Waals surface area contributed by atoms with E-state index in [1.807, 2.05) is 47.6 Å². The number of carbonyl (C=O) groups excluding carboxylic acids is 1. The Bertz CT molecular complexity index is 847. The monoisotopic (exact) mass is 333 g/mol. The van der Waals surface area contributed by atoms with E-state index >= 15 is 0 Å². The molecule has 6 nitrogen and oxygen atoms in total. The van der Waals surface area contributed by atoms with Crippen molar-refractivity contribution in [1.82, 2.24) is 24.9 Å². The molecule has 1 amide bonds. The number of likely N-dealkylation sites (tertiary alicyclic amines) is 1. The third kappa shape index (κ3) is 3.42. The molecule has 0 radical (unpaired) electrons. The van der Waals surface area contributed by atoms with Crippen LogP contribution in [0.1, 0.15) is 33.8 Å². The summed E-state index contributed by atoms with van der Waals surface area (Å²) in [7, 11) is 0. The summed E-state index contributed by atoms with van der Waals surface area (Å²) in [6, 6.07) is 11.8. The van der Waals surface area contributed by atoms with E-state index in [1.165, 1.54) is 5.56 Å². The number of aromatic nitrogens is 4. The van der Waals surface area contributed by atoms with Crippen LogP contribution in [0.5, 0.6) is 0 Å². The Balaban J connectivity index is 1.46. The van der Waals surface area contributed by atoms with Crippen LogP contribution in [0.15, 0.2) is 61.2 Å². The third-order valence-electron chi connectivity index (χ3n) is 4.62. The zero-order valence-corrected chi connectivity index (χ0v) is 13.8.